The molecular formula is C15H34IN5. The molecule has 1 aliphatic rings. The third-order valence-corrected chi connectivity index (χ3v) is 3.94. The summed E-state index contributed by atoms with van der Waals surface area (Å²) in [6, 6.07) is 0. The maximum absolute atomic E-state index is 5.86. The van der Waals surface area contributed by atoms with Gasteiger partial charge >= 0.3 is 0 Å². The van der Waals surface area contributed by atoms with E-state index in [2.05, 4.69) is 34.0 Å². The first-order valence-electron chi connectivity index (χ1n) is 8.24. The smallest absolute Gasteiger partial charge is 0.188 e. The van der Waals surface area contributed by atoms with Crippen LogP contribution in [-0.2, 0) is 0 Å². The third-order valence-electron chi connectivity index (χ3n) is 3.94. The Hall–Kier alpha value is -0.0800. The largest absolute Gasteiger partial charge is 0.370 e. The normalized spacial score (nSPS) is 17.5. The summed E-state index contributed by atoms with van der Waals surface area (Å²) in [5.41, 5.74) is 5.86. The molecule has 1 aliphatic heterocycles. The second-order valence-electron chi connectivity index (χ2n) is 5.53. The van der Waals surface area contributed by atoms with E-state index >= 15 is 0 Å². The van der Waals surface area contributed by atoms with Gasteiger partial charge in [0.15, 0.2) is 5.96 Å². The molecule has 0 spiro atoms. The van der Waals surface area contributed by atoms with Crippen LogP contribution in [0, 0.1) is 0 Å². The quantitative estimate of drug-likeness (QED) is 0.263. The topological polar surface area (TPSA) is 56.9 Å². The maximum Gasteiger partial charge on any atom is 0.188 e. The molecule has 0 radical (unpaired) electrons. The van der Waals surface area contributed by atoms with E-state index in [1.807, 2.05) is 0 Å². The number of nitrogens with two attached hydrogens (primary N) is 1. The lowest BCUT2D eigenvalue weighted by Crippen LogP contribution is -2.48. The van der Waals surface area contributed by atoms with Crippen molar-refractivity contribution in [2.24, 2.45) is 10.7 Å². The zero-order chi connectivity index (χ0) is 14.6. The van der Waals surface area contributed by atoms with E-state index in [0.29, 0.717) is 5.96 Å². The summed E-state index contributed by atoms with van der Waals surface area (Å²) in [7, 11) is 0. The van der Waals surface area contributed by atoms with Crippen LogP contribution < -0.4 is 11.1 Å². The molecule has 0 atom stereocenters. The fourth-order valence-corrected chi connectivity index (χ4v) is 2.47. The number of nitrogens with zero attached hydrogens (tertiary/aromatic N) is 3. The Morgan fingerprint density at radius 3 is 2.33 bits per heavy atom. The monoisotopic (exact) mass is 411 g/mol. The van der Waals surface area contributed by atoms with Crippen LogP contribution in [-0.4, -0.2) is 68.1 Å². The highest BCUT2D eigenvalue weighted by Gasteiger charge is 2.14. The van der Waals surface area contributed by atoms with Gasteiger partial charge in [0.2, 0.25) is 0 Å². The van der Waals surface area contributed by atoms with Crippen molar-refractivity contribution in [1.29, 1.82) is 0 Å². The van der Waals surface area contributed by atoms with Crippen LogP contribution in [0.4, 0.5) is 0 Å². The van der Waals surface area contributed by atoms with E-state index < -0.39 is 0 Å². The molecule has 5 nitrogen and oxygen atoms in total. The van der Waals surface area contributed by atoms with E-state index in [1.165, 1.54) is 52.0 Å². The minimum Gasteiger partial charge on any atom is -0.370 e. The molecule has 1 fully saturated rings. The van der Waals surface area contributed by atoms with Gasteiger partial charge in [-0.05, 0) is 13.0 Å². The van der Waals surface area contributed by atoms with Crippen LogP contribution in [0.3, 0.4) is 0 Å². The van der Waals surface area contributed by atoms with E-state index in [0.717, 1.165) is 26.1 Å². The molecule has 0 bridgehead atoms. The molecule has 1 saturated heterocycles. The highest BCUT2D eigenvalue weighted by Crippen LogP contribution is 2.00. The lowest BCUT2D eigenvalue weighted by molar-refractivity contribution is 0.139. The summed E-state index contributed by atoms with van der Waals surface area (Å²) in [4.78, 5) is 9.35. The molecular weight excluding hydrogens is 377 g/mol. The van der Waals surface area contributed by atoms with E-state index in [4.69, 9.17) is 5.73 Å². The first kappa shape index (κ1) is 20.9. The number of likely N-dealkylation sites (N-methyl/N-ethyl adjacent to an activating group) is 1. The number of nitrogens with one attached hydrogen (secondary N) is 1. The summed E-state index contributed by atoms with van der Waals surface area (Å²) in [6.45, 7) is 13.2. The van der Waals surface area contributed by atoms with Gasteiger partial charge in [-0.25, -0.2) is 0 Å². The minimum atomic E-state index is 0. The Morgan fingerprint density at radius 2 is 1.71 bits per heavy atom. The van der Waals surface area contributed by atoms with Gasteiger partial charge in [0.1, 0.15) is 0 Å². The Bertz CT molecular complexity index is 265. The summed E-state index contributed by atoms with van der Waals surface area (Å²) in [5, 5.41) is 3.22. The molecule has 0 saturated carbocycles. The number of halogens is 1. The first-order valence-corrected chi connectivity index (χ1v) is 8.24. The van der Waals surface area contributed by atoms with Gasteiger partial charge in [0, 0.05) is 45.8 Å². The minimum absolute atomic E-state index is 0. The predicted octanol–water partition coefficient (Wildman–Crippen LogP) is 1.73. The lowest BCUT2D eigenvalue weighted by atomic mass is 10.2. The van der Waals surface area contributed by atoms with Gasteiger partial charge in [-0.3, -0.25) is 9.89 Å². The average Bonchev–Trinajstić information content (AvgIpc) is 2.48. The molecule has 21 heavy (non-hydrogen) atoms. The molecule has 3 N–H and O–H groups in total. The molecule has 0 amide bonds. The van der Waals surface area contributed by atoms with Gasteiger partial charge in [0.25, 0.3) is 0 Å². The van der Waals surface area contributed by atoms with Crippen LogP contribution in [0.1, 0.15) is 39.5 Å². The molecule has 1 heterocycles. The van der Waals surface area contributed by atoms with Crippen molar-refractivity contribution in [3.63, 3.8) is 0 Å². The SMILES string of the molecule is CCCCCCN=C(N)NCCN1CCN(CC)CC1.I. The van der Waals surface area contributed by atoms with Gasteiger partial charge in [-0.1, -0.05) is 33.1 Å². The highest BCUT2D eigenvalue weighted by atomic mass is 127. The van der Waals surface area contributed by atoms with Crippen LogP contribution in [0.2, 0.25) is 0 Å². The molecule has 0 unspecified atom stereocenters. The molecule has 0 aromatic carbocycles. The number of piperazine rings is 1. The van der Waals surface area contributed by atoms with E-state index in [-0.39, 0.29) is 24.0 Å². The number of aliphatic imine (C=N–C) groups is 1. The zero-order valence-electron chi connectivity index (χ0n) is 13.8. The van der Waals surface area contributed by atoms with E-state index in [9.17, 15) is 0 Å². The summed E-state index contributed by atoms with van der Waals surface area (Å²) in [5.74, 6) is 0.605. The molecule has 1 rings (SSSR count). The fourth-order valence-electron chi connectivity index (χ4n) is 2.47. The van der Waals surface area contributed by atoms with Crippen molar-refractivity contribution in [3.05, 3.63) is 0 Å². The summed E-state index contributed by atoms with van der Waals surface area (Å²) < 4.78 is 0. The lowest BCUT2D eigenvalue weighted by Gasteiger charge is -2.33. The second kappa shape index (κ2) is 13.6. The number of rotatable bonds is 9. The summed E-state index contributed by atoms with van der Waals surface area (Å²) >= 11 is 0. The van der Waals surface area contributed by atoms with Crippen LogP contribution in [0.5, 0.6) is 0 Å². The summed E-state index contributed by atoms with van der Waals surface area (Å²) in [6.07, 6.45) is 4.97. The van der Waals surface area contributed by atoms with Crippen molar-refractivity contribution in [2.45, 2.75) is 39.5 Å². The van der Waals surface area contributed by atoms with Gasteiger partial charge in [-0.15, -0.1) is 24.0 Å². The van der Waals surface area contributed by atoms with Crippen LogP contribution in [0.25, 0.3) is 0 Å². The van der Waals surface area contributed by atoms with Crippen LogP contribution in [0.15, 0.2) is 4.99 Å². The van der Waals surface area contributed by atoms with Gasteiger partial charge in [0.05, 0.1) is 0 Å². The first-order chi connectivity index (χ1) is 9.76. The third kappa shape index (κ3) is 10.3. The Kier molecular flexibility index (Phi) is 13.5. The van der Waals surface area contributed by atoms with Gasteiger partial charge in [-0.2, -0.15) is 0 Å². The maximum atomic E-state index is 5.86. The number of unbranched alkanes of at least 4 members (excludes halogenated alkanes) is 3. The Labute approximate surface area is 147 Å². The average molecular weight is 411 g/mol. The standard InChI is InChI=1S/C15H33N5.HI/c1-3-5-6-7-8-17-15(16)18-9-10-20-13-11-19(4-2)12-14-20;/h3-14H2,1-2H3,(H3,16,17,18);1H. The molecule has 0 aromatic rings. The molecule has 6 heteroatoms. The molecule has 0 aromatic heterocycles. The number of hydrogen-bond acceptors (Lipinski definition) is 3. The van der Waals surface area contributed by atoms with Crippen molar-refractivity contribution in [1.82, 2.24) is 15.1 Å². The number of hydrogen-bond donors (Lipinski definition) is 2. The fraction of sp³-hybridized carbons (Fsp3) is 0.933. The van der Waals surface area contributed by atoms with Gasteiger partial charge < -0.3 is 16.0 Å². The highest BCUT2D eigenvalue weighted by molar-refractivity contribution is 14.0. The Morgan fingerprint density at radius 1 is 1.05 bits per heavy atom. The molecule has 126 valence electrons. The second-order valence-corrected chi connectivity index (χ2v) is 5.53. The molecule has 0 aliphatic carbocycles. The Balaban J connectivity index is 0.00000400. The van der Waals surface area contributed by atoms with Crippen molar-refractivity contribution >= 4 is 29.9 Å². The number of guanidine groups is 1. The van der Waals surface area contributed by atoms with Crippen molar-refractivity contribution in [3.8, 4) is 0 Å². The van der Waals surface area contributed by atoms with Crippen molar-refractivity contribution < 1.29 is 0 Å². The van der Waals surface area contributed by atoms with Crippen LogP contribution >= 0.6 is 24.0 Å². The van der Waals surface area contributed by atoms with E-state index in [1.54, 1.807) is 0 Å². The zero-order valence-corrected chi connectivity index (χ0v) is 16.1. The van der Waals surface area contributed by atoms with Crippen molar-refractivity contribution in [2.75, 3.05) is 52.4 Å². The predicted molar refractivity (Wildman–Crippen MR) is 103 cm³/mol.